The van der Waals surface area contributed by atoms with Crippen LogP contribution in [0, 0.1) is 0 Å². The summed E-state index contributed by atoms with van der Waals surface area (Å²) in [7, 11) is 0. The summed E-state index contributed by atoms with van der Waals surface area (Å²) < 4.78 is 14.7. The molecule has 0 aromatic carbocycles. The van der Waals surface area contributed by atoms with Crippen molar-refractivity contribution >= 4 is 23.5 Å². The Morgan fingerprint density at radius 1 is 1.62 bits per heavy atom. The van der Waals surface area contributed by atoms with E-state index in [0.717, 1.165) is 0 Å². The van der Waals surface area contributed by atoms with E-state index in [1.54, 1.807) is 0 Å². The fraction of sp³-hybridized carbons (Fsp3) is 0.750. The van der Waals surface area contributed by atoms with Crippen molar-refractivity contribution in [3.8, 4) is 0 Å². The van der Waals surface area contributed by atoms with Gasteiger partial charge in [0.2, 0.25) is 0 Å². The minimum Gasteiger partial charge on any atom is -0.591 e. The van der Waals surface area contributed by atoms with Gasteiger partial charge < -0.3 is 9.66 Å². The molecule has 0 fully saturated rings. The van der Waals surface area contributed by atoms with E-state index < -0.39 is 17.3 Å². The van der Waals surface area contributed by atoms with Crippen LogP contribution in [-0.4, -0.2) is 26.6 Å². The molecule has 0 aliphatic heterocycles. The molecule has 5 heteroatoms. The van der Waals surface area contributed by atoms with Crippen LogP contribution in [0.4, 0.5) is 0 Å². The predicted molar refractivity (Wildman–Crippen MR) is 53.3 cm³/mol. The zero-order chi connectivity index (χ0) is 10.5. The van der Waals surface area contributed by atoms with Crippen LogP contribution in [0.1, 0.15) is 33.6 Å². The predicted octanol–water partition coefficient (Wildman–Crippen LogP) is 1.38. The first-order chi connectivity index (χ1) is 5.84. The second kappa shape index (κ2) is 5.24. The number of carboxylic acids is 1. The van der Waals surface area contributed by atoms with Crippen LogP contribution < -0.4 is 0 Å². The van der Waals surface area contributed by atoms with Gasteiger partial charge in [-0.1, -0.05) is 4.40 Å². The summed E-state index contributed by atoms with van der Waals surface area (Å²) in [6, 6.07) is 0. The summed E-state index contributed by atoms with van der Waals surface area (Å²) >= 11 is -1.28. The van der Waals surface area contributed by atoms with Gasteiger partial charge in [-0.3, -0.25) is 4.79 Å². The van der Waals surface area contributed by atoms with Crippen LogP contribution in [0.25, 0.3) is 0 Å². The van der Waals surface area contributed by atoms with Crippen LogP contribution >= 0.6 is 0 Å². The Kier molecular flexibility index (Phi) is 5.02. The molecule has 0 aliphatic carbocycles. The van der Waals surface area contributed by atoms with E-state index in [1.807, 2.05) is 20.8 Å². The standard InChI is InChI=1S/C8H15NO3S/c1-8(2,3)13(12)9-6-4-5-7(10)11/h6H,4-5H2,1-3H3,(H,10,11)/t13-/m1/s1. The molecule has 0 unspecified atom stereocenters. The Morgan fingerprint density at radius 2 is 2.15 bits per heavy atom. The summed E-state index contributed by atoms with van der Waals surface area (Å²) in [4.78, 5) is 10.1. The van der Waals surface area contributed by atoms with Gasteiger partial charge in [0, 0.05) is 0 Å². The summed E-state index contributed by atoms with van der Waals surface area (Å²) in [5.41, 5.74) is 0. The van der Waals surface area contributed by atoms with E-state index in [0.29, 0.717) is 6.42 Å². The van der Waals surface area contributed by atoms with Crippen molar-refractivity contribution in [3.63, 3.8) is 0 Å². The van der Waals surface area contributed by atoms with Gasteiger partial charge in [-0.15, -0.1) is 0 Å². The number of carbonyl (C=O) groups is 1. The number of hydrogen-bond acceptors (Lipinski definition) is 3. The molecular formula is C8H15NO3S. The highest BCUT2D eigenvalue weighted by atomic mass is 32.2. The highest BCUT2D eigenvalue weighted by Gasteiger charge is 2.25. The maximum atomic E-state index is 11.3. The largest absolute Gasteiger partial charge is 0.591 e. The van der Waals surface area contributed by atoms with Gasteiger partial charge in [-0.2, -0.15) is 0 Å². The van der Waals surface area contributed by atoms with Gasteiger partial charge in [0.15, 0.2) is 0 Å². The Morgan fingerprint density at radius 3 is 2.54 bits per heavy atom. The molecule has 0 spiro atoms. The lowest BCUT2D eigenvalue weighted by atomic mass is 10.3. The molecule has 0 heterocycles. The van der Waals surface area contributed by atoms with Crippen LogP contribution in [0.5, 0.6) is 0 Å². The number of nitrogens with zero attached hydrogens (tertiary/aromatic N) is 1. The fourth-order valence-corrected chi connectivity index (χ4v) is 1.02. The van der Waals surface area contributed by atoms with Crippen LogP contribution in [0.2, 0.25) is 0 Å². The lowest BCUT2D eigenvalue weighted by molar-refractivity contribution is -0.136. The van der Waals surface area contributed by atoms with E-state index in [9.17, 15) is 9.35 Å². The van der Waals surface area contributed by atoms with Crippen LogP contribution in [0.3, 0.4) is 0 Å². The fourth-order valence-electron chi connectivity index (χ4n) is 0.467. The molecule has 0 saturated carbocycles. The summed E-state index contributed by atoms with van der Waals surface area (Å²) in [6.07, 6.45) is 1.78. The van der Waals surface area contributed by atoms with E-state index in [1.165, 1.54) is 6.21 Å². The molecule has 0 rings (SSSR count). The SMILES string of the molecule is CC(C)(C)[S@@+]([O-])N=CCCC(=O)O. The average Bonchev–Trinajstić information content (AvgIpc) is 1.95. The second-order valence-electron chi connectivity index (χ2n) is 3.58. The highest BCUT2D eigenvalue weighted by molar-refractivity contribution is 7.91. The minimum atomic E-state index is -1.28. The number of carboxylic acid groups (broad SMARTS) is 1. The van der Waals surface area contributed by atoms with E-state index in [-0.39, 0.29) is 11.2 Å². The maximum absolute atomic E-state index is 11.3. The Labute approximate surface area is 81.4 Å². The quantitative estimate of drug-likeness (QED) is 0.556. The summed E-state index contributed by atoms with van der Waals surface area (Å²) in [5, 5.41) is 8.30. The van der Waals surface area contributed by atoms with Crippen LogP contribution in [-0.2, 0) is 16.2 Å². The van der Waals surface area contributed by atoms with E-state index in [4.69, 9.17) is 5.11 Å². The number of aliphatic carboxylic acids is 1. The average molecular weight is 205 g/mol. The first-order valence-electron chi connectivity index (χ1n) is 4.00. The Bertz CT molecular complexity index is 198. The van der Waals surface area contributed by atoms with E-state index >= 15 is 0 Å². The molecule has 0 aromatic rings. The Balaban J connectivity index is 3.79. The number of rotatable bonds is 4. The highest BCUT2D eigenvalue weighted by Crippen LogP contribution is 2.16. The zero-order valence-corrected chi connectivity index (χ0v) is 8.93. The first-order valence-corrected chi connectivity index (χ1v) is 5.11. The lowest BCUT2D eigenvalue weighted by Crippen LogP contribution is -2.25. The van der Waals surface area contributed by atoms with Gasteiger partial charge >= 0.3 is 5.97 Å². The van der Waals surface area contributed by atoms with Gasteiger partial charge in [0.1, 0.15) is 16.1 Å². The molecule has 0 aromatic heterocycles. The normalized spacial score (nSPS) is 14.8. The third-order valence-electron chi connectivity index (χ3n) is 1.18. The Hall–Kier alpha value is -0.550. The molecule has 0 radical (unpaired) electrons. The molecule has 0 saturated heterocycles. The summed E-state index contributed by atoms with van der Waals surface area (Å²) in [6.45, 7) is 5.45. The monoisotopic (exact) mass is 205 g/mol. The third-order valence-corrected chi connectivity index (χ3v) is 2.57. The van der Waals surface area contributed by atoms with Crippen molar-refractivity contribution in [2.75, 3.05) is 0 Å². The lowest BCUT2D eigenvalue weighted by Gasteiger charge is -2.17. The molecule has 1 N–H and O–H groups in total. The van der Waals surface area contributed by atoms with Crippen molar-refractivity contribution in [1.29, 1.82) is 0 Å². The zero-order valence-electron chi connectivity index (χ0n) is 8.11. The van der Waals surface area contributed by atoms with Gasteiger partial charge in [-0.25, -0.2) is 0 Å². The van der Waals surface area contributed by atoms with E-state index in [2.05, 4.69) is 4.40 Å². The smallest absolute Gasteiger partial charge is 0.303 e. The third kappa shape index (κ3) is 6.60. The minimum absolute atomic E-state index is 0.0326. The number of hydrogen-bond donors (Lipinski definition) is 1. The molecule has 4 nitrogen and oxygen atoms in total. The second-order valence-corrected chi connectivity index (χ2v) is 5.52. The van der Waals surface area contributed by atoms with Gasteiger partial charge in [-0.05, 0) is 27.2 Å². The topological polar surface area (TPSA) is 72.7 Å². The molecular weight excluding hydrogens is 190 g/mol. The van der Waals surface area contributed by atoms with Gasteiger partial charge in [0.05, 0.1) is 12.6 Å². The molecule has 1 atom stereocenters. The van der Waals surface area contributed by atoms with Crippen molar-refractivity contribution in [3.05, 3.63) is 0 Å². The van der Waals surface area contributed by atoms with Gasteiger partial charge in [0.25, 0.3) is 0 Å². The van der Waals surface area contributed by atoms with Crippen molar-refractivity contribution in [2.45, 2.75) is 38.4 Å². The first kappa shape index (κ1) is 12.4. The van der Waals surface area contributed by atoms with Crippen LogP contribution in [0.15, 0.2) is 4.40 Å². The molecule has 76 valence electrons. The summed E-state index contributed by atoms with van der Waals surface area (Å²) in [5.74, 6) is -0.868. The molecule has 13 heavy (non-hydrogen) atoms. The maximum Gasteiger partial charge on any atom is 0.303 e. The van der Waals surface area contributed by atoms with Crippen molar-refractivity contribution in [1.82, 2.24) is 0 Å². The molecule has 0 amide bonds. The molecule has 0 bridgehead atoms. The van der Waals surface area contributed by atoms with Crippen molar-refractivity contribution < 1.29 is 14.5 Å². The van der Waals surface area contributed by atoms with Crippen molar-refractivity contribution in [2.24, 2.45) is 4.40 Å². The molecule has 0 aliphatic rings.